The van der Waals surface area contributed by atoms with Gasteiger partial charge in [-0.3, -0.25) is 14.9 Å². The normalized spacial score (nSPS) is 16.6. The van der Waals surface area contributed by atoms with Gasteiger partial charge in [0.05, 0.1) is 19.2 Å². The molecular weight excluding hydrogens is 520 g/mol. The summed E-state index contributed by atoms with van der Waals surface area (Å²) in [6, 6.07) is 6.00. The fourth-order valence-corrected chi connectivity index (χ4v) is 4.38. The summed E-state index contributed by atoms with van der Waals surface area (Å²) in [4.78, 5) is 67.8. The minimum Gasteiger partial charge on any atom is -0.465 e. The van der Waals surface area contributed by atoms with Gasteiger partial charge in [-0.1, -0.05) is 30.3 Å². The highest BCUT2D eigenvalue weighted by Crippen LogP contribution is 2.18. The number of ether oxygens (including phenoxy) is 2. The molecule has 210 valence electrons. The number of imide groups is 1. The van der Waals surface area contributed by atoms with Crippen molar-refractivity contribution in [3.05, 3.63) is 46.0 Å². The first-order chi connectivity index (χ1) is 18.1. The topological polar surface area (TPSA) is 158 Å². The van der Waals surface area contributed by atoms with E-state index in [4.69, 9.17) is 9.47 Å². The van der Waals surface area contributed by atoms with Gasteiger partial charge in [0.25, 0.3) is 5.09 Å². The molecule has 1 saturated heterocycles. The zero-order valence-electron chi connectivity index (χ0n) is 21.7. The Morgan fingerprint density at radius 2 is 1.87 bits per heavy atom. The summed E-state index contributed by atoms with van der Waals surface area (Å²) in [5.74, 6) is -1.22. The predicted octanol–water partition coefficient (Wildman–Crippen LogP) is 1.28. The number of amides is 3. The molecule has 0 bridgehead atoms. The molecule has 3 amide bonds. The van der Waals surface area contributed by atoms with E-state index in [-0.39, 0.29) is 26.4 Å². The summed E-state index contributed by atoms with van der Waals surface area (Å²) in [7, 11) is 1.47. The largest absolute Gasteiger partial charge is 0.465 e. The van der Waals surface area contributed by atoms with Gasteiger partial charge in [-0.25, -0.2) is 14.5 Å². The lowest BCUT2D eigenvalue weighted by molar-refractivity contribution is -0.756. The lowest BCUT2D eigenvalue weighted by atomic mass is 10.0. The van der Waals surface area contributed by atoms with E-state index in [0.29, 0.717) is 24.3 Å². The molecule has 0 radical (unpaired) electrons. The van der Waals surface area contributed by atoms with Gasteiger partial charge in [-0.05, 0) is 32.3 Å². The van der Waals surface area contributed by atoms with E-state index in [1.54, 1.807) is 6.92 Å². The van der Waals surface area contributed by atoms with Crippen molar-refractivity contribution >= 4 is 35.6 Å². The Morgan fingerprint density at radius 1 is 1.18 bits per heavy atom. The zero-order chi connectivity index (χ0) is 28.1. The fraction of sp³-hybridized carbons (Fsp3) is 0.583. The van der Waals surface area contributed by atoms with Crippen molar-refractivity contribution < 1.29 is 38.6 Å². The van der Waals surface area contributed by atoms with Crippen molar-refractivity contribution in [1.29, 1.82) is 0 Å². The minimum absolute atomic E-state index is 0.00335. The van der Waals surface area contributed by atoms with Crippen molar-refractivity contribution in [1.82, 2.24) is 15.1 Å². The van der Waals surface area contributed by atoms with Crippen LogP contribution in [0.3, 0.4) is 0 Å². The summed E-state index contributed by atoms with van der Waals surface area (Å²) in [5, 5.41) is 12.2. The zero-order valence-corrected chi connectivity index (χ0v) is 22.5. The maximum atomic E-state index is 13.3. The van der Waals surface area contributed by atoms with Crippen molar-refractivity contribution in [2.24, 2.45) is 0 Å². The Morgan fingerprint density at radius 3 is 2.53 bits per heavy atom. The standard InChI is InChI=1S/C24H34N4O9S/c1-4-35-22(30)19(11-10-18-8-6-5-7-9-18)25-17(2)21(29)27-20(16-26(3)24(27)32)23(31)36-12-14-38-15-13-37-28(33)34/h5-9,17,19-20,25H,4,10-16H2,1-3H3. The number of rotatable bonds is 16. The third kappa shape index (κ3) is 9.49. The SMILES string of the molecule is CCOC(=O)C(CCc1ccccc1)NC(C)C(=O)N1C(=O)N(C)CC1C(=O)OCCSCCO[N+](=O)[O-]. The molecule has 1 N–H and O–H groups in total. The number of hydrogen-bond acceptors (Lipinski definition) is 11. The molecule has 0 aromatic heterocycles. The van der Waals surface area contributed by atoms with Crippen LogP contribution in [0.15, 0.2) is 30.3 Å². The van der Waals surface area contributed by atoms with Crippen LogP contribution in [0.5, 0.6) is 0 Å². The van der Waals surface area contributed by atoms with Crippen LogP contribution in [0.4, 0.5) is 4.79 Å². The number of esters is 2. The second-order valence-corrected chi connectivity index (χ2v) is 9.67. The van der Waals surface area contributed by atoms with E-state index in [2.05, 4.69) is 10.2 Å². The molecule has 1 aromatic carbocycles. The predicted molar refractivity (Wildman–Crippen MR) is 138 cm³/mol. The number of urea groups is 1. The van der Waals surface area contributed by atoms with E-state index in [1.807, 2.05) is 30.3 Å². The van der Waals surface area contributed by atoms with Crippen LogP contribution < -0.4 is 5.32 Å². The van der Waals surface area contributed by atoms with Crippen LogP contribution in [0.25, 0.3) is 0 Å². The molecule has 38 heavy (non-hydrogen) atoms. The molecule has 14 heteroatoms. The Labute approximate surface area is 225 Å². The molecule has 13 nitrogen and oxygen atoms in total. The molecule has 2 rings (SSSR count). The van der Waals surface area contributed by atoms with Gasteiger partial charge >= 0.3 is 18.0 Å². The molecule has 0 spiro atoms. The van der Waals surface area contributed by atoms with Crippen molar-refractivity contribution in [2.75, 3.05) is 44.9 Å². The highest BCUT2D eigenvalue weighted by molar-refractivity contribution is 7.99. The molecule has 3 unspecified atom stereocenters. The Kier molecular flexibility index (Phi) is 12.8. The van der Waals surface area contributed by atoms with E-state index < -0.39 is 47.1 Å². The summed E-state index contributed by atoms with van der Waals surface area (Å²) < 4.78 is 10.4. The lowest BCUT2D eigenvalue weighted by Crippen LogP contribution is -2.55. The summed E-state index contributed by atoms with van der Waals surface area (Å²) in [5.41, 5.74) is 1.02. The van der Waals surface area contributed by atoms with E-state index in [1.165, 1.54) is 30.6 Å². The van der Waals surface area contributed by atoms with Crippen molar-refractivity contribution in [2.45, 2.75) is 44.8 Å². The van der Waals surface area contributed by atoms with Crippen LogP contribution in [0.1, 0.15) is 25.8 Å². The smallest absolute Gasteiger partial charge is 0.331 e. The molecule has 1 aliphatic rings. The second-order valence-electron chi connectivity index (χ2n) is 8.44. The quantitative estimate of drug-likeness (QED) is 0.136. The molecule has 1 heterocycles. The van der Waals surface area contributed by atoms with Crippen LogP contribution in [-0.2, 0) is 35.1 Å². The first-order valence-electron chi connectivity index (χ1n) is 12.2. The second kappa shape index (κ2) is 15.8. The summed E-state index contributed by atoms with van der Waals surface area (Å²) in [6.45, 7) is 3.27. The molecule has 3 atom stereocenters. The number of carbonyl (C=O) groups is 4. The molecular formula is C24H34N4O9S. The number of hydrogen-bond donors (Lipinski definition) is 1. The number of thioether (sulfide) groups is 1. The average molecular weight is 555 g/mol. The van der Waals surface area contributed by atoms with E-state index >= 15 is 0 Å². The minimum atomic E-state index is -1.14. The molecule has 1 aromatic rings. The lowest BCUT2D eigenvalue weighted by Gasteiger charge is -2.26. The Bertz CT molecular complexity index is 965. The van der Waals surface area contributed by atoms with Gasteiger partial charge in [0.15, 0.2) is 6.04 Å². The molecule has 0 aliphatic carbocycles. The fourth-order valence-electron chi connectivity index (χ4n) is 3.78. The van der Waals surface area contributed by atoms with Crippen molar-refractivity contribution in [3.63, 3.8) is 0 Å². The van der Waals surface area contributed by atoms with Gasteiger partial charge < -0.3 is 19.2 Å². The van der Waals surface area contributed by atoms with Gasteiger partial charge in [-0.2, -0.15) is 11.8 Å². The third-order valence-corrected chi connectivity index (χ3v) is 6.56. The Hall–Kier alpha value is -3.39. The summed E-state index contributed by atoms with van der Waals surface area (Å²) in [6.07, 6.45) is 0.929. The number of benzene rings is 1. The maximum Gasteiger partial charge on any atom is 0.331 e. The average Bonchev–Trinajstić information content (AvgIpc) is 3.19. The molecule has 1 aliphatic heterocycles. The van der Waals surface area contributed by atoms with Crippen LogP contribution >= 0.6 is 11.8 Å². The first-order valence-corrected chi connectivity index (χ1v) is 13.4. The van der Waals surface area contributed by atoms with Gasteiger partial charge in [0.1, 0.15) is 19.3 Å². The first kappa shape index (κ1) is 30.8. The maximum absolute atomic E-state index is 13.3. The number of likely N-dealkylation sites (N-methyl/N-ethyl adjacent to an activating group) is 1. The summed E-state index contributed by atoms with van der Waals surface area (Å²) >= 11 is 1.29. The van der Waals surface area contributed by atoms with Crippen LogP contribution in [-0.4, -0.2) is 102 Å². The van der Waals surface area contributed by atoms with Gasteiger partial charge in [0, 0.05) is 18.6 Å². The van der Waals surface area contributed by atoms with E-state index in [0.717, 1.165) is 10.5 Å². The van der Waals surface area contributed by atoms with Gasteiger partial charge in [0.2, 0.25) is 5.91 Å². The number of nitrogens with one attached hydrogen (secondary N) is 1. The highest BCUT2D eigenvalue weighted by Gasteiger charge is 2.46. The van der Waals surface area contributed by atoms with E-state index in [9.17, 15) is 29.3 Å². The van der Waals surface area contributed by atoms with Crippen molar-refractivity contribution in [3.8, 4) is 0 Å². The molecule has 0 saturated carbocycles. The van der Waals surface area contributed by atoms with Crippen LogP contribution in [0, 0.1) is 10.1 Å². The van der Waals surface area contributed by atoms with Gasteiger partial charge in [-0.15, -0.1) is 10.1 Å². The molecule has 1 fully saturated rings. The Balaban J connectivity index is 1.97. The highest BCUT2D eigenvalue weighted by atomic mass is 32.2. The number of aryl methyl sites for hydroxylation is 1. The third-order valence-electron chi connectivity index (χ3n) is 5.65. The number of carbonyl (C=O) groups excluding carboxylic acids is 4. The number of nitrogens with zero attached hydrogens (tertiary/aromatic N) is 3. The van der Waals surface area contributed by atoms with Crippen LogP contribution in [0.2, 0.25) is 0 Å². The monoisotopic (exact) mass is 554 g/mol.